The fourth-order valence-electron chi connectivity index (χ4n) is 3.25. The summed E-state index contributed by atoms with van der Waals surface area (Å²) in [6.07, 6.45) is 2.97. The highest BCUT2D eigenvalue weighted by Crippen LogP contribution is 2.22. The normalized spacial score (nSPS) is 20.9. The molecule has 2 N–H and O–H groups in total. The SMILES string of the molecule is CCNC(=NCc1ccc(S(=O)(=O)NC2CC2)cc1)N1CCC(COC)C1. The number of nitrogens with one attached hydrogen (secondary N) is 2. The Bertz CT molecular complexity index is 745. The molecule has 1 aliphatic carbocycles. The van der Waals surface area contributed by atoms with Gasteiger partial charge in [0.15, 0.2) is 5.96 Å². The zero-order chi connectivity index (χ0) is 19.3. The third-order valence-corrected chi connectivity index (χ3v) is 6.40. The lowest BCUT2D eigenvalue weighted by atomic mass is 10.1. The summed E-state index contributed by atoms with van der Waals surface area (Å²) in [5, 5.41) is 3.35. The van der Waals surface area contributed by atoms with Crippen LogP contribution in [-0.4, -0.2) is 58.7 Å². The molecule has 27 heavy (non-hydrogen) atoms. The number of ether oxygens (including phenoxy) is 1. The first kappa shape index (κ1) is 20.1. The van der Waals surface area contributed by atoms with Crippen molar-refractivity contribution in [3.05, 3.63) is 29.8 Å². The quantitative estimate of drug-likeness (QED) is 0.516. The summed E-state index contributed by atoms with van der Waals surface area (Å²) in [6, 6.07) is 7.11. The van der Waals surface area contributed by atoms with Crippen molar-refractivity contribution in [3.63, 3.8) is 0 Å². The predicted octanol–water partition coefficient (Wildman–Crippen LogP) is 1.56. The van der Waals surface area contributed by atoms with E-state index < -0.39 is 10.0 Å². The lowest BCUT2D eigenvalue weighted by Gasteiger charge is -2.21. The number of nitrogens with zero attached hydrogens (tertiary/aromatic N) is 2. The van der Waals surface area contributed by atoms with Gasteiger partial charge in [-0.15, -0.1) is 0 Å². The molecule has 0 radical (unpaired) electrons. The van der Waals surface area contributed by atoms with Crippen LogP contribution in [0.5, 0.6) is 0 Å². The van der Waals surface area contributed by atoms with Gasteiger partial charge in [-0.05, 0) is 43.9 Å². The molecule has 1 saturated carbocycles. The number of methoxy groups -OCH3 is 1. The Balaban J connectivity index is 1.62. The van der Waals surface area contributed by atoms with Crippen LogP contribution in [-0.2, 0) is 21.3 Å². The van der Waals surface area contributed by atoms with Crippen LogP contribution in [0.2, 0.25) is 0 Å². The molecular formula is C19H30N4O3S. The Kier molecular flexibility index (Phi) is 6.73. The van der Waals surface area contributed by atoms with Gasteiger partial charge in [-0.2, -0.15) is 0 Å². The average Bonchev–Trinajstić information content (AvgIpc) is 3.33. The topological polar surface area (TPSA) is 83.0 Å². The fourth-order valence-corrected chi connectivity index (χ4v) is 4.56. The van der Waals surface area contributed by atoms with Crippen molar-refractivity contribution in [1.82, 2.24) is 14.9 Å². The van der Waals surface area contributed by atoms with Gasteiger partial charge in [0.2, 0.25) is 10.0 Å². The minimum absolute atomic E-state index is 0.115. The molecule has 0 bridgehead atoms. The Labute approximate surface area is 162 Å². The van der Waals surface area contributed by atoms with Gasteiger partial charge in [0.05, 0.1) is 18.0 Å². The summed E-state index contributed by atoms with van der Waals surface area (Å²) < 4.78 is 32.4. The van der Waals surface area contributed by atoms with E-state index in [2.05, 4.69) is 21.9 Å². The molecule has 2 fully saturated rings. The third kappa shape index (κ3) is 5.67. The van der Waals surface area contributed by atoms with Gasteiger partial charge in [0, 0.05) is 38.7 Å². The molecule has 1 heterocycles. The number of sulfonamides is 1. The maximum Gasteiger partial charge on any atom is 0.240 e. The summed E-state index contributed by atoms with van der Waals surface area (Å²) in [6.45, 7) is 6.09. The lowest BCUT2D eigenvalue weighted by Crippen LogP contribution is -2.40. The molecule has 1 aliphatic heterocycles. The molecule has 0 amide bonds. The van der Waals surface area contributed by atoms with Crippen LogP contribution in [0.25, 0.3) is 0 Å². The number of likely N-dealkylation sites (tertiary alicyclic amines) is 1. The van der Waals surface area contributed by atoms with Crippen molar-refractivity contribution in [1.29, 1.82) is 0 Å². The van der Waals surface area contributed by atoms with Crippen LogP contribution in [0, 0.1) is 5.92 Å². The van der Waals surface area contributed by atoms with Gasteiger partial charge >= 0.3 is 0 Å². The van der Waals surface area contributed by atoms with Crippen molar-refractivity contribution in [3.8, 4) is 0 Å². The summed E-state index contributed by atoms with van der Waals surface area (Å²) in [5.74, 6) is 1.45. The van der Waals surface area contributed by atoms with Crippen LogP contribution >= 0.6 is 0 Å². The Morgan fingerprint density at radius 1 is 1.26 bits per heavy atom. The number of rotatable bonds is 8. The molecule has 0 spiro atoms. The second kappa shape index (κ2) is 9.03. The van der Waals surface area contributed by atoms with Crippen LogP contribution < -0.4 is 10.0 Å². The van der Waals surface area contributed by atoms with Gasteiger partial charge in [0.1, 0.15) is 0 Å². The first-order valence-corrected chi connectivity index (χ1v) is 11.1. The second-order valence-corrected chi connectivity index (χ2v) is 8.98. The zero-order valence-corrected chi connectivity index (χ0v) is 17.0. The van der Waals surface area contributed by atoms with Gasteiger partial charge in [-0.3, -0.25) is 0 Å². The van der Waals surface area contributed by atoms with Crippen molar-refractivity contribution >= 4 is 16.0 Å². The van der Waals surface area contributed by atoms with E-state index in [0.717, 1.165) is 57.0 Å². The molecule has 2 aliphatic rings. The van der Waals surface area contributed by atoms with Gasteiger partial charge in [0.25, 0.3) is 0 Å². The monoisotopic (exact) mass is 394 g/mol. The molecule has 3 rings (SSSR count). The third-order valence-electron chi connectivity index (χ3n) is 4.87. The van der Waals surface area contributed by atoms with Crippen LogP contribution in [0.15, 0.2) is 34.2 Å². The van der Waals surface area contributed by atoms with Crippen molar-refractivity contribution in [2.24, 2.45) is 10.9 Å². The second-order valence-electron chi connectivity index (χ2n) is 7.27. The molecule has 1 aromatic rings. The van der Waals surface area contributed by atoms with E-state index >= 15 is 0 Å². The summed E-state index contributed by atoms with van der Waals surface area (Å²) in [4.78, 5) is 7.32. The maximum atomic E-state index is 12.2. The van der Waals surface area contributed by atoms with Gasteiger partial charge in [-0.25, -0.2) is 18.1 Å². The molecule has 0 aromatic heterocycles. The lowest BCUT2D eigenvalue weighted by molar-refractivity contribution is 0.157. The number of aliphatic imine (C=N–C) groups is 1. The van der Waals surface area contributed by atoms with E-state index in [1.807, 2.05) is 12.1 Å². The van der Waals surface area contributed by atoms with Crippen LogP contribution in [0.4, 0.5) is 0 Å². The van der Waals surface area contributed by atoms with Gasteiger partial charge < -0.3 is 15.0 Å². The van der Waals surface area contributed by atoms with Gasteiger partial charge in [-0.1, -0.05) is 12.1 Å². The van der Waals surface area contributed by atoms with Crippen LogP contribution in [0.3, 0.4) is 0 Å². The molecule has 7 nitrogen and oxygen atoms in total. The standard InChI is InChI=1S/C19H30N4O3S/c1-3-20-19(23-11-10-16(13-23)14-26-2)21-12-15-4-8-18(9-5-15)27(24,25)22-17-6-7-17/h4-5,8-9,16-17,22H,3,6-7,10-14H2,1-2H3,(H,20,21). The number of benzene rings is 1. The summed E-state index contributed by atoms with van der Waals surface area (Å²) >= 11 is 0. The van der Waals surface area contributed by atoms with E-state index in [0.29, 0.717) is 17.4 Å². The Morgan fingerprint density at radius 2 is 2.00 bits per heavy atom. The van der Waals surface area contributed by atoms with Crippen molar-refractivity contribution in [2.75, 3.05) is 33.4 Å². The largest absolute Gasteiger partial charge is 0.384 e. The Morgan fingerprint density at radius 3 is 2.63 bits per heavy atom. The highest BCUT2D eigenvalue weighted by atomic mass is 32.2. The first-order valence-electron chi connectivity index (χ1n) is 9.65. The van der Waals surface area contributed by atoms with Crippen molar-refractivity contribution < 1.29 is 13.2 Å². The Hall–Kier alpha value is -1.64. The minimum Gasteiger partial charge on any atom is -0.384 e. The molecule has 1 aromatic carbocycles. The van der Waals surface area contributed by atoms with E-state index in [9.17, 15) is 8.42 Å². The smallest absolute Gasteiger partial charge is 0.240 e. The molecule has 1 atom stereocenters. The molecular weight excluding hydrogens is 364 g/mol. The maximum absolute atomic E-state index is 12.2. The summed E-state index contributed by atoms with van der Waals surface area (Å²) in [5.41, 5.74) is 0.989. The number of guanidine groups is 1. The van der Waals surface area contributed by atoms with E-state index in [1.165, 1.54) is 0 Å². The molecule has 1 saturated heterocycles. The minimum atomic E-state index is -3.40. The number of hydrogen-bond acceptors (Lipinski definition) is 4. The summed E-state index contributed by atoms with van der Waals surface area (Å²) in [7, 11) is -1.65. The van der Waals surface area contributed by atoms with E-state index in [4.69, 9.17) is 9.73 Å². The van der Waals surface area contributed by atoms with Crippen molar-refractivity contribution in [2.45, 2.75) is 43.7 Å². The fraction of sp³-hybridized carbons (Fsp3) is 0.632. The van der Waals surface area contributed by atoms with E-state index in [-0.39, 0.29) is 6.04 Å². The van der Waals surface area contributed by atoms with Crippen LogP contribution in [0.1, 0.15) is 31.7 Å². The zero-order valence-electron chi connectivity index (χ0n) is 16.1. The highest BCUT2D eigenvalue weighted by molar-refractivity contribution is 7.89. The highest BCUT2D eigenvalue weighted by Gasteiger charge is 2.28. The number of hydrogen-bond donors (Lipinski definition) is 2. The first-order chi connectivity index (χ1) is 13.0. The molecule has 150 valence electrons. The molecule has 1 unspecified atom stereocenters. The average molecular weight is 395 g/mol. The predicted molar refractivity (Wildman–Crippen MR) is 106 cm³/mol. The van der Waals surface area contributed by atoms with E-state index in [1.54, 1.807) is 19.2 Å². The molecule has 8 heteroatoms.